The molecule has 0 atom stereocenters. The van der Waals surface area contributed by atoms with E-state index in [4.69, 9.17) is 10.00 Å². The number of nitrogens with zero attached hydrogens (tertiary/aromatic N) is 1. The van der Waals surface area contributed by atoms with Gasteiger partial charge in [0.15, 0.2) is 0 Å². The van der Waals surface area contributed by atoms with Gasteiger partial charge in [0.2, 0.25) is 5.91 Å². The lowest BCUT2D eigenvalue weighted by atomic mass is 9.99. The SMILES string of the molecule is N#Cc1ccc(CNC(=O)C2CCOCC2)c(F)c1. The summed E-state index contributed by atoms with van der Waals surface area (Å²) in [6, 6.07) is 6.11. The van der Waals surface area contributed by atoms with Gasteiger partial charge < -0.3 is 10.1 Å². The van der Waals surface area contributed by atoms with E-state index in [-0.39, 0.29) is 23.9 Å². The minimum Gasteiger partial charge on any atom is -0.381 e. The highest BCUT2D eigenvalue weighted by Crippen LogP contribution is 2.15. The maximum absolute atomic E-state index is 13.6. The second-order valence-electron chi connectivity index (χ2n) is 4.52. The number of carbonyl (C=O) groups is 1. The monoisotopic (exact) mass is 262 g/mol. The minimum atomic E-state index is -0.466. The highest BCUT2D eigenvalue weighted by Gasteiger charge is 2.21. The standard InChI is InChI=1S/C14H15FN2O2/c15-13-7-10(8-16)1-2-12(13)9-17-14(18)11-3-5-19-6-4-11/h1-2,7,11H,3-6,9H2,(H,17,18). The molecule has 1 fully saturated rings. The maximum atomic E-state index is 13.6. The third-order valence-electron chi connectivity index (χ3n) is 3.23. The lowest BCUT2D eigenvalue weighted by Gasteiger charge is -2.21. The van der Waals surface area contributed by atoms with Gasteiger partial charge in [-0.15, -0.1) is 0 Å². The molecular formula is C14H15FN2O2. The Morgan fingerprint density at radius 3 is 2.84 bits per heavy atom. The normalized spacial score (nSPS) is 15.8. The van der Waals surface area contributed by atoms with Crippen LogP contribution in [0.15, 0.2) is 18.2 Å². The summed E-state index contributed by atoms with van der Waals surface area (Å²) in [7, 11) is 0. The molecule has 1 N–H and O–H groups in total. The van der Waals surface area contributed by atoms with Crippen LogP contribution in [0.4, 0.5) is 4.39 Å². The summed E-state index contributed by atoms with van der Waals surface area (Å²) >= 11 is 0. The molecule has 4 nitrogen and oxygen atoms in total. The summed E-state index contributed by atoms with van der Waals surface area (Å²) in [5.74, 6) is -0.575. The van der Waals surface area contributed by atoms with Gasteiger partial charge in [-0.2, -0.15) is 5.26 Å². The van der Waals surface area contributed by atoms with E-state index in [1.54, 1.807) is 6.07 Å². The third-order valence-corrected chi connectivity index (χ3v) is 3.23. The van der Waals surface area contributed by atoms with Crippen molar-refractivity contribution in [3.63, 3.8) is 0 Å². The Kier molecular flexibility index (Phi) is 4.48. The Labute approximate surface area is 111 Å². The number of carbonyl (C=O) groups excluding carboxylic acids is 1. The van der Waals surface area contributed by atoms with E-state index in [0.29, 0.717) is 31.6 Å². The van der Waals surface area contributed by atoms with E-state index in [9.17, 15) is 9.18 Å². The first-order valence-corrected chi connectivity index (χ1v) is 6.24. The van der Waals surface area contributed by atoms with Crippen molar-refractivity contribution in [1.82, 2.24) is 5.32 Å². The topological polar surface area (TPSA) is 62.1 Å². The number of rotatable bonds is 3. The van der Waals surface area contributed by atoms with Gasteiger partial charge in [-0.05, 0) is 25.0 Å². The molecule has 5 heteroatoms. The second kappa shape index (κ2) is 6.30. The van der Waals surface area contributed by atoms with Crippen LogP contribution in [0.25, 0.3) is 0 Å². The van der Waals surface area contributed by atoms with Crippen LogP contribution < -0.4 is 5.32 Å². The number of hydrogen-bond donors (Lipinski definition) is 1. The van der Waals surface area contributed by atoms with E-state index in [1.807, 2.05) is 6.07 Å². The molecule has 0 aliphatic carbocycles. The molecule has 19 heavy (non-hydrogen) atoms. The van der Waals surface area contributed by atoms with Crippen molar-refractivity contribution >= 4 is 5.91 Å². The molecule has 0 radical (unpaired) electrons. The minimum absolute atomic E-state index is 0.0461. The summed E-state index contributed by atoms with van der Waals surface area (Å²) in [5.41, 5.74) is 0.663. The molecule has 0 aromatic heterocycles. The Balaban J connectivity index is 1.91. The molecule has 1 heterocycles. The van der Waals surface area contributed by atoms with Crippen LogP contribution in [0.3, 0.4) is 0 Å². The van der Waals surface area contributed by atoms with Gasteiger partial charge in [-0.3, -0.25) is 4.79 Å². The number of benzene rings is 1. The quantitative estimate of drug-likeness (QED) is 0.902. The molecule has 0 unspecified atom stereocenters. The zero-order valence-electron chi connectivity index (χ0n) is 10.5. The van der Waals surface area contributed by atoms with Crippen molar-refractivity contribution in [2.75, 3.05) is 13.2 Å². The maximum Gasteiger partial charge on any atom is 0.223 e. The molecule has 1 aromatic rings. The molecule has 1 aliphatic rings. The van der Waals surface area contributed by atoms with E-state index in [1.165, 1.54) is 12.1 Å². The Morgan fingerprint density at radius 2 is 2.21 bits per heavy atom. The van der Waals surface area contributed by atoms with Crippen LogP contribution in [-0.2, 0) is 16.1 Å². The fourth-order valence-electron chi connectivity index (χ4n) is 2.05. The fraction of sp³-hybridized carbons (Fsp3) is 0.429. The molecule has 0 saturated carbocycles. The van der Waals surface area contributed by atoms with Crippen molar-refractivity contribution in [3.8, 4) is 6.07 Å². The number of nitrogens with one attached hydrogen (secondary N) is 1. The van der Waals surface area contributed by atoms with Gasteiger partial charge in [-0.25, -0.2) is 4.39 Å². The fourth-order valence-corrected chi connectivity index (χ4v) is 2.05. The summed E-state index contributed by atoms with van der Waals surface area (Å²) in [6.07, 6.45) is 1.42. The predicted molar refractivity (Wildman–Crippen MR) is 66.5 cm³/mol. The zero-order chi connectivity index (χ0) is 13.7. The smallest absolute Gasteiger partial charge is 0.223 e. The first-order chi connectivity index (χ1) is 9.20. The molecule has 2 rings (SSSR count). The van der Waals surface area contributed by atoms with Gasteiger partial charge in [0.05, 0.1) is 11.6 Å². The van der Waals surface area contributed by atoms with Crippen molar-refractivity contribution in [1.29, 1.82) is 5.26 Å². The van der Waals surface area contributed by atoms with Crippen LogP contribution in [0.1, 0.15) is 24.0 Å². The van der Waals surface area contributed by atoms with Crippen LogP contribution in [0, 0.1) is 23.1 Å². The summed E-state index contributed by atoms with van der Waals surface area (Å²) < 4.78 is 18.8. The molecule has 1 saturated heterocycles. The highest BCUT2D eigenvalue weighted by molar-refractivity contribution is 5.78. The molecule has 1 aromatic carbocycles. The lowest BCUT2D eigenvalue weighted by Crippen LogP contribution is -2.34. The summed E-state index contributed by atoms with van der Waals surface area (Å²) in [5, 5.41) is 11.4. The van der Waals surface area contributed by atoms with Crippen LogP contribution >= 0.6 is 0 Å². The van der Waals surface area contributed by atoms with Gasteiger partial charge in [0, 0.05) is 31.2 Å². The van der Waals surface area contributed by atoms with Crippen LogP contribution in [0.2, 0.25) is 0 Å². The zero-order valence-corrected chi connectivity index (χ0v) is 10.5. The Bertz CT molecular complexity index is 505. The molecule has 0 bridgehead atoms. The largest absolute Gasteiger partial charge is 0.381 e. The van der Waals surface area contributed by atoms with Gasteiger partial charge in [0.25, 0.3) is 0 Å². The van der Waals surface area contributed by atoms with Gasteiger partial charge in [-0.1, -0.05) is 6.07 Å². The van der Waals surface area contributed by atoms with Crippen molar-refractivity contribution in [2.45, 2.75) is 19.4 Å². The molecule has 1 aliphatic heterocycles. The summed E-state index contributed by atoms with van der Waals surface area (Å²) in [6.45, 7) is 1.35. The number of amides is 1. The average Bonchev–Trinajstić information content (AvgIpc) is 2.46. The van der Waals surface area contributed by atoms with Crippen molar-refractivity contribution < 1.29 is 13.9 Å². The highest BCUT2D eigenvalue weighted by atomic mass is 19.1. The average molecular weight is 262 g/mol. The first-order valence-electron chi connectivity index (χ1n) is 6.24. The number of hydrogen-bond acceptors (Lipinski definition) is 3. The van der Waals surface area contributed by atoms with Crippen molar-refractivity contribution in [3.05, 3.63) is 35.1 Å². The Morgan fingerprint density at radius 1 is 1.47 bits per heavy atom. The molecular weight excluding hydrogens is 247 g/mol. The summed E-state index contributed by atoms with van der Waals surface area (Å²) in [4.78, 5) is 11.9. The Hall–Kier alpha value is -1.93. The second-order valence-corrected chi connectivity index (χ2v) is 4.52. The predicted octanol–water partition coefficient (Wildman–Crippen LogP) is 1.74. The molecule has 0 spiro atoms. The molecule has 100 valence electrons. The first kappa shape index (κ1) is 13.5. The van der Waals surface area contributed by atoms with E-state index < -0.39 is 5.82 Å². The van der Waals surface area contributed by atoms with Gasteiger partial charge >= 0.3 is 0 Å². The lowest BCUT2D eigenvalue weighted by molar-refractivity contribution is -0.128. The number of ether oxygens (including phenoxy) is 1. The number of halogens is 1. The third kappa shape index (κ3) is 3.52. The van der Waals surface area contributed by atoms with E-state index in [2.05, 4.69) is 5.32 Å². The van der Waals surface area contributed by atoms with Crippen LogP contribution in [-0.4, -0.2) is 19.1 Å². The van der Waals surface area contributed by atoms with Crippen LogP contribution in [0.5, 0.6) is 0 Å². The van der Waals surface area contributed by atoms with Crippen molar-refractivity contribution in [2.24, 2.45) is 5.92 Å². The van der Waals surface area contributed by atoms with E-state index >= 15 is 0 Å². The molecule has 1 amide bonds. The van der Waals surface area contributed by atoms with E-state index in [0.717, 1.165) is 0 Å². The van der Waals surface area contributed by atoms with Gasteiger partial charge in [0.1, 0.15) is 5.82 Å². The number of nitriles is 1.